The summed E-state index contributed by atoms with van der Waals surface area (Å²) in [6.07, 6.45) is 1.55. The first-order chi connectivity index (χ1) is 20.6. The highest BCUT2D eigenvalue weighted by Gasteiger charge is 2.52. The third-order valence-electron chi connectivity index (χ3n) is 8.10. The Bertz CT molecular complexity index is 1430. The average Bonchev–Trinajstić information content (AvgIpc) is 3.33. The number of amides is 4. The molecule has 4 amide bonds. The molecule has 4 N–H and O–H groups in total. The van der Waals surface area contributed by atoms with Gasteiger partial charge in [-0.2, -0.15) is 0 Å². The van der Waals surface area contributed by atoms with E-state index in [0.29, 0.717) is 18.7 Å². The summed E-state index contributed by atoms with van der Waals surface area (Å²) >= 11 is 0. The van der Waals surface area contributed by atoms with Gasteiger partial charge in [0.15, 0.2) is 0 Å². The standard InChI is InChI=1S/C33H42N4O7/c1-32(2,3)44-30(42)24-18-23(28(39)36-16-10-15-33(4,5)19-36)27(20-11-7-6-8-12-20)37(24)25(38)17-21-13-9-14-22(29(40)41)26(21)35-31(34)43/h6-9,11-14,23-24,27H,10,15-19H2,1-5H3,(H,40,41)(H3,34,35,43). The van der Waals surface area contributed by atoms with Crippen LogP contribution in [0.3, 0.4) is 0 Å². The Morgan fingerprint density at radius 3 is 2.32 bits per heavy atom. The molecule has 2 heterocycles. The van der Waals surface area contributed by atoms with E-state index in [-0.39, 0.29) is 41.0 Å². The second-order valence-electron chi connectivity index (χ2n) is 13.4. The van der Waals surface area contributed by atoms with Gasteiger partial charge in [0.1, 0.15) is 11.6 Å². The lowest BCUT2D eigenvalue weighted by atomic mass is 9.83. The third-order valence-corrected chi connectivity index (χ3v) is 8.10. The normalized spacial score (nSPS) is 21.4. The van der Waals surface area contributed by atoms with E-state index in [1.807, 2.05) is 35.2 Å². The predicted molar refractivity (Wildman–Crippen MR) is 164 cm³/mol. The lowest BCUT2D eigenvalue weighted by molar-refractivity contribution is -0.164. The van der Waals surface area contributed by atoms with Gasteiger partial charge >= 0.3 is 18.0 Å². The van der Waals surface area contributed by atoms with Gasteiger partial charge in [-0.1, -0.05) is 56.3 Å². The number of anilines is 1. The van der Waals surface area contributed by atoms with Gasteiger partial charge in [-0.25, -0.2) is 14.4 Å². The molecule has 0 bridgehead atoms. The van der Waals surface area contributed by atoms with Crippen molar-refractivity contribution in [3.63, 3.8) is 0 Å². The number of aromatic carboxylic acids is 1. The molecule has 11 nitrogen and oxygen atoms in total. The van der Waals surface area contributed by atoms with Gasteiger partial charge in [0.2, 0.25) is 11.8 Å². The van der Waals surface area contributed by atoms with Crippen LogP contribution in [0.2, 0.25) is 0 Å². The number of esters is 1. The highest BCUT2D eigenvalue weighted by molar-refractivity contribution is 6.01. The van der Waals surface area contributed by atoms with Gasteiger partial charge in [0.25, 0.3) is 0 Å². The van der Waals surface area contributed by atoms with Gasteiger partial charge in [-0.05, 0) is 62.6 Å². The zero-order valence-electron chi connectivity index (χ0n) is 26.0. The second kappa shape index (κ2) is 12.7. The molecule has 3 atom stereocenters. The summed E-state index contributed by atoms with van der Waals surface area (Å²) < 4.78 is 5.76. The molecule has 2 aromatic carbocycles. The number of benzene rings is 2. The quantitative estimate of drug-likeness (QED) is 0.395. The fourth-order valence-electron chi connectivity index (χ4n) is 6.35. The van der Waals surface area contributed by atoms with Crippen LogP contribution in [0.25, 0.3) is 0 Å². The van der Waals surface area contributed by atoms with Crippen molar-refractivity contribution in [1.82, 2.24) is 9.80 Å². The Morgan fingerprint density at radius 2 is 1.73 bits per heavy atom. The predicted octanol–water partition coefficient (Wildman–Crippen LogP) is 4.37. The van der Waals surface area contributed by atoms with Gasteiger partial charge in [-0.3, -0.25) is 9.59 Å². The maximum absolute atomic E-state index is 14.3. The zero-order valence-corrected chi connectivity index (χ0v) is 26.0. The van der Waals surface area contributed by atoms with Crippen molar-refractivity contribution < 1.29 is 33.8 Å². The number of carbonyl (C=O) groups is 5. The van der Waals surface area contributed by atoms with Crippen molar-refractivity contribution in [2.24, 2.45) is 17.1 Å². The van der Waals surface area contributed by atoms with Crippen LogP contribution in [-0.4, -0.2) is 69.4 Å². The number of hydrogen-bond acceptors (Lipinski definition) is 6. The number of hydrogen-bond donors (Lipinski definition) is 3. The van der Waals surface area contributed by atoms with E-state index in [1.165, 1.54) is 23.1 Å². The van der Waals surface area contributed by atoms with E-state index in [0.717, 1.165) is 12.8 Å². The summed E-state index contributed by atoms with van der Waals surface area (Å²) in [5.74, 6) is -3.32. The van der Waals surface area contributed by atoms with Crippen molar-refractivity contribution in [1.29, 1.82) is 0 Å². The smallest absolute Gasteiger partial charge is 0.337 e. The summed E-state index contributed by atoms with van der Waals surface area (Å²) in [4.78, 5) is 69.3. The summed E-state index contributed by atoms with van der Waals surface area (Å²) in [5.41, 5.74) is 4.98. The SMILES string of the molecule is CC1(C)CCCN(C(=O)C2CC(C(=O)OC(C)(C)C)N(C(=O)Cc3cccc(C(=O)O)c3NC(N)=O)C2c2ccccc2)C1. The molecule has 2 fully saturated rings. The molecule has 0 aliphatic carbocycles. The molecule has 0 radical (unpaired) electrons. The van der Waals surface area contributed by atoms with E-state index in [4.69, 9.17) is 10.5 Å². The van der Waals surface area contributed by atoms with Crippen LogP contribution in [0.4, 0.5) is 10.5 Å². The van der Waals surface area contributed by atoms with Gasteiger partial charge in [-0.15, -0.1) is 0 Å². The maximum atomic E-state index is 14.3. The summed E-state index contributed by atoms with van der Waals surface area (Å²) in [7, 11) is 0. The lowest BCUT2D eigenvalue weighted by Gasteiger charge is -2.40. The Labute approximate surface area is 257 Å². The topological polar surface area (TPSA) is 159 Å². The number of carboxylic acid groups (broad SMARTS) is 1. The minimum absolute atomic E-state index is 0.0617. The van der Waals surface area contributed by atoms with Gasteiger partial charge in [0, 0.05) is 13.1 Å². The minimum Gasteiger partial charge on any atom is -0.478 e. The van der Waals surface area contributed by atoms with Crippen LogP contribution < -0.4 is 11.1 Å². The summed E-state index contributed by atoms with van der Waals surface area (Å²) in [6.45, 7) is 10.6. The molecule has 0 spiro atoms. The number of primary amides is 1. The maximum Gasteiger partial charge on any atom is 0.337 e. The van der Waals surface area contributed by atoms with Crippen molar-refractivity contribution in [2.75, 3.05) is 18.4 Å². The Balaban J connectivity index is 1.80. The van der Waals surface area contributed by atoms with E-state index in [9.17, 15) is 29.1 Å². The van der Waals surface area contributed by atoms with Crippen LogP contribution >= 0.6 is 0 Å². The number of nitrogens with zero attached hydrogens (tertiary/aromatic N) is 2. The molecule has 236 valence electrons. The monoisotopic (exact) mass is 606 g/mol. The lowest BCUT2D eigenvalue weighted by Crippen LogP contribution is -2.47. The fraction of sp³-hybridized carbons (Fsp3) is 0.485. The second-order valence-corrected chi connectivity index (χ2v) is 13.4. The van der Waals surface area contributed by atoms with E-state index in [1.54, 1.807) is 20.8 Å². The third kappa shape index (κ3) is 7.38. The van der Waals surface area contributed by atoms with Gasteiger partial charge in [0.05, 0.1) is 29.6 Å². The largest absolute Gasteiger partial charge is 0.478 e. The van der Waals surface area contributed by atoms with Crippen molar-refractivity contribution >= 4 is 35.5 Å². The van der Waals surface area contributed by atoms with Crippen molar-refractivity contribution in [3.8, 4) is 0 Å². The fourth-order valence-corrected chi connectivity index (χ4v) is 6.35. The van der Waals surface area contributed by atoms with Crippen molar-refractivity contribution in [3.05, 3.63) is 65.2 Å². The Hall–Kier alpha value is -4.41. The van der Waals surface area contributed by atoms with Crippen LogP contribution in [-0.2, 0) is 25.5 Å². The molecule has 2 aliphatic rings. The number of rotatable bonds is 7. The molecule has 44 heavy (non-hydrogen) atoms. The summed E-state index contributed by atoms with van der Waals surface area (Å²) in [6, 6.07) is 10.5. The molecule has 11 heteroatoms. The average molecular weight is 607 g/mol. The molecule has 4 rings (SSSR count). The van der Waals surface area contributed by atoms with Gasteiger partial charge < -0.3 is 30.7 Å². The zero-order chi connectivity index (χ0) is 32.4. The summed E-state index contributed by atoms with van der Waals surface area (Å²) in [5, 5.41) is 12.1. The van der Waals surface area contributed by atoms with E-state index in [2.05, 4.69) is 19.2 Å². The first-order valence-electron chi connectivity index (χ1n) is 14.9. The number of carboxylic acids is 1. The molecule has 0 saturated carbocycles. The van der Waals surface area contributed by atoms with Crippen LogP contribution in [0, 0.1) is 11.3 Å². The first-order valence-corrected chi connectivity index (χ1v) is 14.9. The molecule has 2 aromatic rings. The highest BCUT2D eigenvalue weighted by Crippen LogP contribution is 2.44. The van der Waals surface area contributed by atoms with E-state index < -0.39 is 47.5 Å². The number of nitrogens with one attached hydrogen (secondary N) is 1. The number of nitrogens with two attached hydrogens (primary N) is 1. The number of para-hydroxylation sites is 1. The number of ether oxygens (including phenoxy) is 1. The van der Waals surface area contributed by atoms with E-state index >= 15 is 0 Å². The highest BCUT2D eigenvalue weighted by atomic mass is 16.6. The number of piperidine rings is 1. The molecular weight excluding hydrogens is 564 g/mol. The molecule has 0 aromatic heterocycles. The van der Waals surface area contributed by atoms with Crippen LogP contribution in [0.1, 0.15) is 81.4 Å². The number of likely N-dealkylation sites (tertiary alicyclic amines) is 2. The Morgan fingerprint density at radius 1 is 1.05 bits per heavy atom. The number of carbonyl (C=O) groups excluding carboxylic acids is 4. The van der Waals surface area contributed by atoms with Crippen molar-refractivity contribution in [2.45, 2.75) is 78.0 Å². The Kier molecular flexibility index (Phi) is 9.36. The minimum atomic E-state index is -1.31. The molecular formula is C33H42N4O7. The first kappa shape index (κ1) is 32.5. The number of urea groups is 1. The molecule has 3 unspecified atom stereocenters. The molecule has 2 saturated heterocycles. The molecule has 2 aliphatic heterocycles. The van der Waals surface area contributed by atoms with Crippen LogP contribution in [0.5, 0.6) is 0 Å². The van der Waals surface area contributed by atoms with Crippen LogP contribution in [0.15, 0.2) is 48.5 Å².